The number of ether oxygens (including phenoxy) is 1. The molecule has 2 aromatic carbocycles. The van der Waals surface area contributed by atoms with E-state index in [1.54, 1.807) is 6.07 Å². The molecule has 3 aromatic rings. The minimum Gasteiger partial charge on any atom is -0.434 e. The number of hydrogen-bond acceptors (Lipinski definition) is 5. The Labute approximate surface area is 225 Å². The Hall–Kier alpha value is -2.82. The number of benzene rings is 2. The molecule has 2 unspecified atom stereocenters. The van der Waals surface area contributed by atoms with Gasteiger partial charge in [-0.3, -0.25) is 14.2 Å². The second-order valence-corrected chi connectivity index (χ2v) is 11.2. The minimum atomic E-state index is -3.00. The van der Waals surface area contributed by atoms with Crippen LogP contribution >= 0.6 is 0 Å². The highest BCUT2D eigenvalue weighted by Crippen LogP contribution is 2.45. The van der Waals surface area contributed by atoms with Crippen LogP contribution in [0.1, 0.15) is 36.2 Å². The van der Waals surface area contributed by atoms with Crippen molar-refractivity contribution in [3.05, 3.63) is 59.3 Å². The first-order chi connectivity index (χ1) is 18.8. The predicted octanol–water partition coefficient (Wildman–Crippen LogP) is 4.87. The fraction of sp³-hybridized carbons (Fsp3) is 0.517. The van der Waals surface area contributed by atoms with E-state index >= 15 is 4.39 Å². The molecule has 0 amide bonds. The van der Waals surface area contributed by atoms with Crippen molar-refractivity contribution in [1.29, 1.82) is 0 Å². The maximum atomic E-state index is 15.5. The van der Waals surface area contributed by atoms with Gasteiger partial charge in [-0.25, -0.2) is 4.39 Å². The van der Waals surface area contributed by atoms with Gasteiger partial charge in [-0.15, -0.1) is 0 Å². The van der Waals surface area contributed by atoms with Crippen molar-refractivity contribution in [3.63, 3.8) is 0 Å². The van der Waals surface area contributed by atoms with Crippen LogP contribution in [0.2, 0.25) is 0 Å². The van der Waals surface area contributed by atoms with E-state index in [9.17, 15) is 13.2 Å². The van der Waals surface area contributed by atoms with Crippen molar-refractivity contribution in [2.45, 2.75) is 50.2 Å². The van der Waals surface area contributed by atoms with Gasteiger partial charge < -0.3 is 20.4 Å². The van der Waals surface area contributed by atoms with Gasteiger partial charge in [0, 0.05) is 79.2 Å². The zero-order valence-electron chi connectivity index (χ0n) is 22.0. The normalized spacial score (nSPS) is 23.4. The molecule has 0 bridgehead atoms. The number of para-hydroxylation sites is 1. The highest BCUT2D eigenvalue weighted by molar-refractivity contribution is 5.85. The molecule has 0 radical (unpaired) electrons. The molecule has 10 heteroatoms. The summed E-state index contributed by atoms with van der Waals surface area (Å²) in [5.74, 6) is 0.0805. The van der Waals surface area contributed by atoms with Crippen molar-refractivity contribution >= 4 is 16.6 Å². The Morgan fingerprint density at radius 3 is 2.67 bits per heavy atom. The second-order valence-electron chi connectivity index (χ2n) is 11.2. The smallest absolute Gasteiger partial charge is 0.387 e. The van der Waals surface area contributed by atoms with Gasteiger partial charge in [0.1, 0.15) is 11.4 Å². The Morgan fingerprint density at radius 2 is 1.95 bits per heavy atom. The number of rotatable bonds is 10. The number of hydrogen-bond donors (Lipinski definition) is 3. The summed E-state index contributed by atoms with van der Waals surface area (Å²) in [7, 11) is 0. The monoisotopic (exact) mass is 545 g/mol. The number of aromatic nitrogens is 1. The Bertz CT molecular complexity index is 1310. The number of likely N-dealkylation sites (tertiary alicyclic amines) is 1. The number of alkyl halides is 4. The maximum Gasteiger partial charge on any atom is 0.387 e. The summed E-state index contributed by atoms with van der Waals surface area (Å²) < 4.78 is 60.5. The summed E-state index contributed by atoms with van der Waals surface area (Å²) >= 11 is 0. The van der Waals surface area contributed by atoms with Crippen molar-refractivity contribution in [2.75, 3.05) is 51.3 Å². The van der Waals surface area contributed by atoms with E-state index < -0.39 is 18.3 Å². The summed E-state index contributed by atoms with van der Waals surface area (Å²) in [6.45, 7) is 1.72. The van der Waals surface area contributed by atoms with E-state index in [0.29, 0.717) is 24.2 Å². The van der Waals surface area contributed by atoms with Crippen LogP contribution in [0.3, 0.4) is 0 Å². The Balaban J connectivity index is 1.36. The van der Waals surface area contributed by atoms with Crippen LogP contribution in [0.25, 0.3) is 10.9 Å². The van der Waals surface area contributed by atoms with Gasteiger partial charge in [-0.05, 0) is 37.5 Å². The van der Waals surface area contributed by atoms with Gasteiger partial charge in [0.2, 0.25) is 0 Å². The van der Waals surface area contributed by atoms with Gasteiger partial charge >= 0.3 is 6.61 Å². The average Bonchev–Trinajstić information content (AvgIpc) is 3.23. The molecule has 6 nitrogen and oxygen atoms in total. The molecule has 0 aliphatic carbocycles. The predicted molar refractivity (Wildman–Crippen MR) is 144 cm³/mol. The van der Waals surface area contributed by atoms with Crippen LogP contribution in [-0.2, 0) is 6.42 Å². The molecule has 0 saturated carbocycles. The summed E-state index contributed by atoms with van der Waals surface area (Å²) in [6.07, 6.45) is 1.24. The lowest BCUT2D eigenvalue weighted by atomic mass is 9.86. The Kier molecular flexibility index (Phi) is 7.20. The van der Waals surface area contributed by atoms with Crippen LogP contribution in [0.5, 0.6) is 5.75 Å². The molecular weight excluding hydrogens is 510 g/mol. The molecule has 3 aliphatic heterocycles. The summed E-state index contributed by atoms with van der Waals surface area (Å²) in [5, 5.41) is 7.52. The number of halogens is 4. The SMILES string of the molecule is CC1Cc2c([nH]c3ccccc23)C(c2ccc(NC3CN(CCCF)C3)cc2OC(F)F)N1CC1(F)CNC1. The Morgan fingerprint density at radius 1 is 1.15 bits per heavy atom. The first kappa shape index (κ1) is 26.4. The third-order valence-corrected chi connectivity index (χ3v) is 8.33. The van der Waals surface area contributed by atoms with Crippen LogP contribution in [0, 0.1) is 0 Å². The average molecular weight is 546 g/mol. The summed E-state index contributed by atoms with van der Waals surface area (Å²) in [5.41, 5.74) is 2.88. The molecule has 3 N–H and O–H groups in total. The number of aromatic amines is 1. The molecule has 4 heterocycles. The lowest BCUT2D eigenvalue weighted by Crippen LogP contribution is -2.63. The van der Waals surface area contributed by atoms with Gasteiger partial charge in [0.05, 0.1) is 18.8 Å². The molecule has 2 saturated heterocycles. The molecule has 6 rings (SSSR count). The maximum absolute atomic E-state index is 15.5. The topological polar surface area (TPSA) is 55.6 Å². The van der Waals surface area contributed by atoms with Gasteiger partial charge in [0.15, 0.2) is 0 Å². The number of nitrogens with one attached hydrogen (secondary N) is 3. The molecule has 210 valence electrons. The molecule has 3 aliphatic rings. The van der Waals surface area contributed by atoms with E-state index in [4.69, 9.17) is 4.74 Å². The zero-order chi connectivity index (χ0) is 27.1. The van der Waals surface area contributed by atoms with Crippen LogP contribution in [-0.4, -0.2) is 85.1 Å². The molecular formula is C29H35F4N5O. The van der Waals surface area contributed by atoms with E-state index in [1.165, 1.54) is 0 Å². The van der Waals surface area contributed by atoms with Crippen LogP contribution in [0.15, 0.2) is 42.5 Å². The van der Waals surface area contributed by atoms with E-state index in [0.717, 1.165) is 41.7 Å². The largest absolute Gasteiger partial charge is 0.434 e. The van der Waals surface area contributed by atoms with Crippen LogP contribution in [0.4, 0.5) is 23.2 Å². The third kappa shape index (κ3) is 5.21. The molecule has 2 atom stereocenters. The number of anilines is 1. The zero-order valence-corrected chi connectivity index (χ0v) is 22.0. The van der Waals surface area contributed by atoms with E-state index in [2.05, 4.69) is 38.4 Å². The highest BCUT2D eigenvalue weighted by atomic mass is 19.3. The fourth-order valence-corrected chi connectivity index (χ4v) is 6.33. The van der Waals surface area contributed by atoms with Crippen molar-refractivity contribution in [1.82, 2.24) is 20.1 Å². The highest BCUT2D eigenvalue weighted by Gasteiger charge is 2.45. The summed E-state index contributed by atoms with van der Waals surface area (Å²) in [6, 6.07) is 13.0. The molecule has 1 aromatic heterocycles. The van der Waals surface area contributed by atoms with Gasteiger partial charge in [0.25, 0.3) is 0 Å². The summed E-state index contributed by atoms with van der Waals surface area (Å²) in [4.78, 5) is 7.78. The lowest BCUT2D eigenvalue weighted by molar-refractivity contribution is -0.0518. The quantitative estimate of drug-likeness (QED) is 0.318. The minimum absolute atomic E-state index is 0.0163. The van der Waals surface area contributed by atoms with Crippen LogP contribution < -0.4 is 15.4 Å². The number of H-pyrrole nitrogens is 1. The molecule has 2 fully saturated rings. The standard InChI is InChI=1S/C29H35F4N5O/c1-18-11-23-21-5-2-3-6-24(21)36-26(23)27(38(18)17-29(33)15-34-16-29)22-8-7-19(12-25(22)39-28(31)32)35-20-13-37(14-20)10-4-9-30/h2-3,5-8,12,18,20,27-28,34-36H,4,9-11,13-17H2,1H3. The molecule has 0 spiro atoms. The van der Waals surface area contributed by atoms with Crippen molar-refractivity contribution in [3.8, 4) is 5.75 Å². The second kappa shape index (κ2) is 10.6. The first-order valence-electron chi connectivity index (χ1n) is 13.7. The third-order valence-electron chi connectivity index (χ3n) is 8.33. The number of fused-ring (bicyclic) bond motifs is 3. The first-order valence-corrected chi connectivity index (χ1v) is 13.7. The van der Waals surface area contributed by atoms with E-state index in [-0.39, 0.29) is 44.1 Å². The van der Waals surface area contributed by atoms with Crippen molar-refractivity contribution < 1.29 is 22.3 Å². The fourth-order valence-electron chi connectivity index (χ4n) is 6.33. The van der Waals surface area contributed by atoms with Gasteiger partial charge in [-0.1, -0.05) is 24.3 Å². The number of nitrogens with zero attached hydrogens (tertiary/aromatic N) is 2. The van der Waals surface area contributed by atoms with Crippen molar-refractivity contribution in [2.24, 2.45) is 0 Å². The molecule has 39 heavy (non-hydrogen) atoms. The van der Waals surface area contributed by atoms with Gasteiger partial charge in [-0.2, -0.15) is 8.78 Å². The lowest BCUT2D eigenvalue weighted by Gasteiger charge is -2.47. The van der Waals surface area contributed by atoms with E-state index in [1.807, 2.05) is 30.3 Å².